The smallest absolute Gasteiger partial charge is 0.217 e. The number of benzene rings is 3. The van der Waals surface area contributed by atoms with Crippen molar-refractivity contribution in [3.05, 3.63) is 65.2 Å². The third-order valence-electron chi connectivity index (χ3n) is 4.20. The molecule has 0 fully saturated rings. The van der Waals surface area contributed by atoms with E-state index in [0.29, 0.717) is 10.8 Å². The number of hydrogen-bond acceptors (Lipinski definition) is 3. The molecule has 3 aromatic rings. The molecule has 0 saturated carbocycles. The molecule has 140 valence electrons. The molecule has 0 aliphatic rings. The standard InChI is InChI=1S/C22H22ClNO2S/c1-4-27-20-9-10-22(21(23)13-20)26-19-8-7-17-11-16(5-6-18(17)12-19)14(2)24-15(3)25/h5-14H,4H2,1-3H3,(H,24,25). The van der Waals surface area contributed by atoms with Gasteiger partial charge in [0.05, 0.1) is 11.1 Å². The van der Waals surface area contributed by atoms with E-state index in [4.69, 9.17) is 16.3 Å². The Kier molecular flexibility index (Phi) is 6.30. The first-order valence-corrected chi connectivity index (χ1v) is 10.2. The summed E-state index contributed by atoms with van der Waals surface area (Å²) < 4.78 is 5.98. The summed E-state index contributed by atoms with van der Waals surface area (Å²) in [7, 11) is 0. The van der Waals surface area contributed by atoms with Crippen molar-refractivity contribution in [1.82, 2.24) is 5.32 Å². The molecule has 0 bridgehead atoms. The largest absolute Gasteiger partial charge is 0.456 e. The monoisotopic (exact) mass is 399 g/mol. The maximum absolute atomic E-state index is 11.3. The van der Waals surface area contributed by atoms with Gasteiger partial charge in [0.1, 0.15) is 11.5 Å². The van der Waals surface area contributed by atoms with Crippen molar-refractivity contribution in [2.75, 3.05) is 5.75 Å². The molecule has 0 heterocycles. The second-order valence-corrected chi connectivity index (χ2v) is 8.06. The number of nitrogens with one attached hydrogen (secondary N) is 1. The summed E-state index contributed by atoms with van der Waals surface area (Å²) >= 11 is 8.10. The lowest BCUT2D eigenvalue weighted by molar-refractivity contribution is -0.119. The SMILES string of the molecule is CCSc1ccc(Oc2ccc3cc(C(C)NC(C)=O)ccc3c2)c(Cl)c1. The molecule has 0 aromatic heterocycles. The van der Waals surface area contributed by atoms with Gasteiger partial charge in [0.25, 0.3) is 0 Å². The predicted molar refractivity (Wildman–Crippen MR) is 114 cm³/mol. The van der Waals surface area contributed by atoms with Crippen molar-refractivity contribution in [1.29, 1.82) is 0 Å². The van der Waals surface area contributed by atoms with E-state index < -0.39 is 0 Å². The topological polar surface area (TPSA) is 38.3 Å². The fraction of sp³-hybridized carbons (Fsp3) is 0.227. The first-order valence-electron chi connectivity index (χ1n) is 8.87. The van der Waals surface area contributed by atoms with Crippen LogP contribution in [0.1, 0.15) is 32.4 Å². The average molecular weight is 400 g/mol. The van der Waals surface area contributed by atoms with Crippen LogP contribution in [0.5, 0.6) is 11.5 Å². The summed E-state index contributed by atoms with van der Waals surface area (Å²) in [4.78, 5) is 12.4. The number of ether oxygens (including phenoxy) is 1. The number of carbonyl (C=O) groups is 1. The van der Waals surface area contributed by atoms with Gasteiger partial charge in [-0.25, -0.2) is 0 Å². The van der Waals surface area contributed by atoms with Crippen LogP contribution < -0.4 is 10.1 Å². The minimum atomic E-state index is -0.0356. The summed E-state index contributed by atoms with van der Waals surface area (Å²) in [5, 5.41) is 5.68. The van der Waals surface area contributed by atoms with E-state index in [1.165, 1.54) is 6.92 Å². The zero-order valence-corrected chi connectivity index (χ0v) is 17.2. The Balaban J connectivity index is 1.81. The minimum absolute atomic E-state index is 0.0267. The van der Waals surface area contributed by atoms with Gasteiger partial charge >= 0.3 is 0 Å². The van der Waals surface area contributed by atoms with Gasteiger partial charge in [-0.15, -0.1) is 11.8 Å². The van der Waals surface area contributed by atoms with Gasteiger partial charge in [0, 0.05) is 11.8 Å². The molecule has 1 amide bonds. The van der Waals surface area contributed by atoms with Crippen molar-refractivity contribution in [2.24, 2.45) is 0 Å². The molecule has 3 nitrogen and oxygen atoms in total. The number of halogens is 1. The molecule has 1 N–H and O–H groups in total. The van der Waals surface area contributed by atoms with Crippen LogP contribution in [-0.4, -0.2) is 11.7 Å². The maximum atomic E-state index is 11.3. The number of fused-ring (bicyclic) bond motifs is 1. The molecule has 1 unspecified atom stereocenters. The van der Waals surface area contributed by atoms with Crippen LogP contribution in [0.4, 0.5) is 0 Å². The number of amides is 1. The summed E-state index contributed by atoms with van der Waals surface area (Å²) in [5.41, 5.74) is 1.07. The Bertz CT molecular complexity index is 974. The van der Waals surface area contributed by atoms with Gasteiger partial charge in [0.2, 0.25) is 5.91 Å². The van der Waals surface area contributed by atoms with Crippen molar-refractivity contribution in [2.45, 2.75) is 31.7 Å². The van der Waals surface area contributed by atoms with Crippen LogP contribution in [0.3, 0.4) is 0 Å². The van der Waals surface area contributed by atoms with Crippen LogP contribution in [0, 0.1) is 0 Å². The van der Waals surface area contributed by atoms with E-state index in [0.717, 1.165) is 32.7 Å². The maximum Gasteiger partial charge on any atom is 0.217 e. The van der Waals surface area contributed by atoms with Gasteiger partial charge in [-0.1, -0.05) is 36.7 Å². The second-order valence-electron chi connectivity index (χ2n) is 6.32. The van der Waals surface area contributed by atoms with Gasteiger partial charge in [-0.3, -0.25) is 4.79 Å². The average Bonchev–Trinajstić information content (AvgIpc) is 2.63. The Hall–Kier alpha value is -2.17. The van der Waals surface area contributed by atoms with Gasteiger partial charge in [-0.05, 0) is 65.4 Å². The van der Waals surface area contributed by atoms with Crippen molar-refractivity contribution in [3.8, 4) is 11.5 Å². The lowest BCUT2D eigenvalue weighted by Gasteiger charge is -2.14. The highest BCUT2D eigenvalue weighted by Crippen LogP contribution is 2.34. The van der Waals surface area contributed by atoms with E-state index in [9.17, 15) is 4.79 Å². The molecule has 0 spiro atoms. The lowest BCUT2D eigenvalue weighted by Crippen LogP contribution is -2.23. The van der Waals surface area contributed by atoms with Crippen molar-refractivity contribution in [3.63, 3.8) is 0 Å². The van der Waals surface area contributed by atoms with E-state index >= 15 is 0 Å². The zero-order valence-electron chi connectivity index (χ0n) is 15.6. The van der Waals surface area contributed by atoms with Crippen molar-refractivity contribution < 1.29 is 9.53 Å². The highest BCUT2D eigenvalue weighted by molar-refractivity contribution is 7.99. The minimum Gasteiger partial charge on any atom is -0.456 e. The van der Waals surface area contributed by atoms with E-state index in [1.807, 2.05) is 55.5 Å². The molecule has 27 heavy (non-hydrogen) atoms. The molecule has 0 saturated heterocycles. The summed E-state index contributed by atoms with van der Waals surface area (Å²) in [6.07, 6.45) is 0. The number of hydrogen-bond donors (Lipinski definition) is 1. The molecule has 3 rings (SSSR count). The van der Waals surface area contributed by atoms with Gasteiger partial charge < -0.3 is 10.1 Å². The fourth-order valence-electron chi connectivity index (χ4n) is 2.91. The summed E-state index contributed by atoms with van der Waals surface area (Å²) in [6.45, 7) is 5.61. The first kappa shape index (κ1) is 19.6. The van der Waals surface area contributed by atoms with Crippen LogP contribution in [0.15, 0.2) is 59.5 Å². The van der Waals surface area contributed by atoms with E-state index in [2.05, 4.69) is 18.3 Å². The quantitative estimate of drug-likeness (QED) is 0.475. The van der Waals surface area contributed by atoms with Crippen LogP contribution in [0.25, 0.3) is 10.8 Å². The Morgan fingerprint density at radius 2 is 1.85 bits per heavy atom. The summed E-state index contributed by atoms with van der Waals surface area (Å²) in [5.74, 6) is 2.35. The van der Waals surface area contributed by atoms with Crippen LogP contribution in [0.2, 0.25) is 5.02 Å². The van der Waals surface area contributed by atoms with Gasteiger partial charge in [-0.2, -0.15) is 0 Å². The van der Waals surface area contributed by atoms with E-state index in [1.54, 1.807) is 11.8 Å². The lowest BCUT2D eigenvalue weighted by atomic mass is 10.0. The highest BCUT2D eigenvalue weighted by atomic mass is 35.5. The molecule has 0 radical (unpaired) electrons. The molecule has 1 atom stereocenters. The third-order valence-corrected chi connectivity index (χ3v) is 5.37. The first-order chi connectivity index (χ1) is 13.0. The zero-order chi connectivity index (χ0) is 19.4. The molecule has 0 aliphatic heterocycles. The molecule has 3 aromatic carbocycles. The number of thioether (sulfide) groups is 1. The molecule has 0 aliphatic carbocycles. The summed E-state index contributed by atoms with van der Waals surface area (Å²) in [6, 6.07) is 17.9. The Morgan fingerprint density at radius 3 is 2.56 bits per heavy atom. The second kappa shape index (κ2) is 8.68. The number of rotatable bonds is 6. The third kappa shape index (κ3) is 4.96. The predicted octanol–water partition coefficient (Wildman–Crippen LogP) is 6.59. The Morgan fingerprint density at radius 1 is 1.11 bits per heavy atom. The number of carbonyl (C=O) groups excluding carboxylic acids is 1. The normalized spacial score (nSPS) is 12.0. The molecular formula is C22H22ClNO2S. The van der Waals surface area contributed by atoms with Crippen LogP contribution >= 0.6 is 23.4 Å². The molecular weight excluding hydrogens is 378 g/mol. The Labute approximate surface area is 169 Å². The highest BCUT2D eigenvalue weighted by Gasteiger charge is 2.09. The fourth-order valence-corrected chi connectivity index (χ4v) is 3.89. The van der Waals surface area contributed by atoms with Crippen LogP contribution in [-0.2, 0) is 4.79 Å². The van der Waals surface area contributed by atoms with Crippen molar-refractivity contribution >= 4 is 40.0 Å². The van der Waals surface area contributed by atoms with E-state index in [-0.39, 0.29) is 11.9 Å². The van der Waals surface area contributed by atoms with Gasteiger partial charge in [0.15, 0.2) is 0 Å². The molecule has 5 heteroatoms.